The molecule has 0 aliphatic carbocycles. The number of carbonyl (C=O) groups excluding carboxylic acids is 1. The van der Waals surface area contributed by atoms with Crippen LogP contribution in [-0.4, -0.2) is 10.8 Å². The first-order chi connectivity index (χ1) is 13.7. The van der Waals surface area contributed by atoms with Gasteiger partial charge in [0.2, 0.25) is 5.78 Å². The minimum absolute atomic E-state index is 0.0910. The molecule has 4 rings (SSSR count). The van der Waals surface area contributed by atoms with Crippen molar-refractivity contribution in [3.8, 4) is 22.4 Å². The number of aromatic nitrogens is 2. The Balaban J connectivity index is 1.47. The van der Waals surface area contributed by atoms with E-state index in [-0.39, 0.29) is 18.1 Å². The lowest BCUT2D eigenvalue weighted by Gasteiger charge is -2.03. The van der Waals surface area contributed by atoms with Crippen LogP contribution in [0.15, 0.2) is 97.5 Å². The Bertz CT molecular complexity index is 1070. The van der Waals surface area contributed by atoms with E-state index >= 15 is 0 Å². The number of hydrogen-bond donors (Lipinski definition) is 0. The molecular weight excluding hydrogens is 351 g/mol. The normalized spacial score (nSPS) is 10.6. The summed E-state index contributed by atoms with van der Waals surface area (Å²) in [5, 5.41) is 0. The van der Waals surface area contributed by atoms with Gasteiger partial charge >= 0.3 is 0 Å². The third-order valence-corrected chi connectivity index (χ3v) is 4.55. The van der Waals surface area contributed by atoms with E-state index < -0.39 is 0 Å². The summed E-state index contributed by atoms with van der Waals surface area (Å²) in [5.74, 6) is -0.444. The van der Waals surface area contributed by atoms with Gasteiger partial charge in [-0.25, -0.2) is 8.96 Å². The van der Waals surface area contributed by atoms with Gasteiger partial charge in [-0.1, -0.05) is 42.5 Å². The maximum atomic E-state index is 13.0. The summed E-state index contributed by atoms with van der Waals surface area (Å²) in [6, 6.07) is 25.9. The van der Waals surface area contributed by atoms with Crippen molar-refractivity contribution in [1.82, 2.24) is 4.98 Å². The highest BCUT2D eigenvalue weighted by Crippen LogP contribution is 2.23. The molecule has 0 radical (unpaired) electrons. The van der Waals surface area contributed by atoms with Crippen LogP contribution in [0.25, 0.3) is 22.4 Å². The average Bonchev–Trinajstić information content (AvgIpc) is 2.75. The molecule has 0 amide bonds. The average molecular weight is 369 g/mol. The Labute approximate surface area is 162 Å². The summed E-state index contributed by atoms with van der Waals surface area (Å²) in [7, 11) is 0. The van der Waals surface area contributed by atoms with E-state index in [1.54, 1.807) is 10.9 Å². The number of carbonyl (C=O) groups is 1. The second kappa shape index (κ2) is 7.92. The Morgan fingerprint density at radius 2 is 1.43 bits per heavy atom. The number of rotatable bonds is 5. The number of halogens is 1. The fourth-order valence-electron chi connectivity index (χ4n) is 3.01. The molecule has 0 spiro atoms. The van der Waals surface area contributed by atoms with Crippen molar-refractivity contribution in [2.45, 2.75) is 6.54 Å². The lowest BCUT2D eigenvalue weighted by atomic mass is 10.0. The molecule has 1 heterocycles. The maximum Gasteiger partial charge on any atom is 0.287 e. The van der Waals surface area contributed by atoms with E-state index in [0.717, 1.165) is 16.8 Å². The lowest BCUT2D eigenvalue weighted by molar-refractivity contribution is -0.686. The van der Waals surface area contributed by atoms with Gasteiger partial charge in [-0.15, -0.1) is 0 Å². The van der Waals surface area contributed by atoms with Gasteiger partial charge in [0.15, 0.2) is 12.2 Å². The molecule has 3 nitrogen and oxygen atoms in total. The Morgan fingerprint density at radius 1 is 0.786 bits per heavy atom. The highest BCUT2D eigenvalue weighted by atomic mass is 19.1. The zero-order valence-corrected chi connectivity index (χ0v) is 15.1. The first kappa shape index (κ1) is 17.7. The molecule has 0 aliphatic rings. The van der Waals surface area contributed by atoms with Crippen molar-refractivity contribution >= 4 is 5.78 Å². The molecule has 0 N–H and O–H groups in total. The maximum absolute atomic E-state index is 13.0. The minimum atomic E-state index is -0.353. The molecule has 0 unspecified atom stereocenters. The zero-order chi connectivity index (χ0) is 19.3. The van der Waals surface area contributed by atoms with Gasteiger partial charge in [-0.2, -0.15) is 0 Å². The smallest absolute Gasteiger partial charge is 0.287 e. The summed E-state index contributed by atoms with van der Waals surface area (Å²) in [4.78, 5) is 16.7. The molecule has 4 heteroatoms. The van der Waals surface area contributed by atoms with Gasteiger partial charge in [-0.3, -0.25) is 4.79 Å². The molecular formula is C24H18FN2O+. The molecule has 0 atom stereocenters. The zero-order valence-electron chi connectivity index (χ0n) is 15.1. The van der Waals surface area contributed by atoms with Crippen LogP contribution < -0.4 is 4.57 Å². The highest BCUT2D eigenvalue weighted by molar-refractivity contribution is 5.94. The van der Waals surface area contributed by atoms with Crippen molar-refractivity contribution in [3.63, 3.8) is 0 Å². The van der Waals surface area contributed by atoms with Crippen LogP contribution in [0.2, 0.25) is 0 Å². The third kappa shape index (κ3) is 4.01. The molecule has 1 aromatic heterocycles. The van der Waals surface area contributed by atoms with Crippen molar-refractivity contribution < 1.29 is 13.8 Å². The van der Waals surface area contributed by atoms with Gasteiger partial charge in [0.25, 0.3) is 6.33 Å². The SMILES string of the molecule is O=C(C[n+]1ccc(-c2ccc(-c3ccccc3)cc2)nc1)c1ccc(F)cc1. The number of benzene rings is 3. The number of nitrogens with zero attached hydrogens (tertiary/aromatic N) is 2. The quantitative estimate of drug-likeness (QED) is 0.377. The predicted molar refractivity (Wildman–Crippen MR) is 106 cm³/mol. The minimum Gasteiger partial charge on any atom is -0.290 e. The van der Waals surface area contributed by atoms with Gasteiger partial charge in [0.05, 0.1) is 6.20 Å². The monoisotopic (exact) mass is 369 g/mol. The van der Waals surface area contributed by atoms with Gasteiger partial charge < -0.3 is 0 Å². The molecule has 0 fully saturated rings. The molecule has 0 bridgehead atoms. The number of hydrogen-bond acceptors (Lipinski definition) is 2. The largest absolute Gasteiger partial charge is 0.290 e. The summed E-state index contributed by atoms with van der Waals surface area (Å²) < 4.78 is 14.7. The van der Waals surface area contributed by atoms with Crippen LogP contribution in [0.5, 0.6) is 0 Å². The first-order valence-corrected chi connectivity index (χ1v) is 8.99. The lowest BCUT2D eigenvalue weighted by Crippen LogP contribution is -2.37. The third-order valence-electron chi connectivity index (χ3n) is 4.55. The van der Waals surface area contributed by atoms with Crippen LogP contribution in [0.4, 0.5) is 4.39 Å². The Morgan fingerprint density at radius 3 is 2.07 bits per heavy atom. The van der Waals surface area contributed by atoms with Crippen LogP contribution in [0.3, 0.4) is 0 Å². The second-order valence-electron chi connectivity index (χ2n) is 6.49. The van der Waals surface area contributed by atoms with E-state index in [9.17, 15) is 9.18 Å². The summed E-state index contributed by atoms with van der Waals surface area (Å²) in [6.07, 6.45) is 3.47. The molecule has 4 aromatic rings. The van der Waals surface area contributed by atoms with Crippen molar-refractivity contribution in [1.29, 1.82) is 0 Å². The van der Waals surface area contributed by atoms with Crippen molar-refractivity contribution in [2.75, 3.05) is 0 Å². The predicted octanol–water partition coefficient (Wildman–Crippen LogP) is 4.73. The topological polar surface area (TPSA) is 33.8 Å². The van der Waals surface area contributed by atoms with Gasteiger partial charge in [0, 0.05) is 17.2 Å². The van der Waals surface area contributed by atoms with E-state index in [0.29, 0.717) is 5.56 Å². The van der Waals surface area contributed by atoms with Gasteiger partial charge in [-0.05, 0) is 52.5 Å². The summed E-state index contributed by atoms with van der Waals surface area (Å²) in [5.41, 5.74) is 4.66. The first-order valence-electron chi connectivity index (χ1n) is 8.99. The van der Waals surface area contributed by atoms with E-state index in [2.05, 4.69) is 29.2 Å². The van der Waals surface area contributed by atoms with Crippen LogP contribution in [0.1, 0.15) is 10.4 Å². The fourth-order valence-corrected chi connectivity index (χ4v) is 3.01. The Kier molecular flexibility index (Phi) is 5.02. The molecule has 3 aromatic carbocycles. The van der Waals surface area contributed by atoms with E-state index in [1.807, 2.05) is 42.6 Å². The molecule has 0 saturated carbocycles. The van der Waals surface area contributed by atoms with Gasteiger partial charge in [0.1, 0.15) is 5.82 Å². The molecule has 28 heavy (non-hydrogen) atoms. The van der Waals surface area contributed by atoms with Crippen LogP contribution in [0, 0.1) is 5.82 Å². The standard InChI is InChI=1S/C24H18FN2O/c25-22-12-10-21(11-13-22)24(28)16-27-15-14-23(26-17-27)20-8-6-19(7-9-20)18-4-2-1-3-5-18/h1-15,17H,16H2/q+1. The van der Waals surface area contributed by atoms with Crippen molar-refractivity contribution in [2.24, 2.45) is 0 Å². The second-order valence-corrected chi connectivity index (χ2v) is 6.49. The number of Topliss-reactive ketones (excluding diaryl/α,β-unsaturated/α-hetero) is 1. The highest BCUT2D eigenvalue weighted by Gasteiger charge is 2.12. The van der Waals surface area contributed by atoms with E-state index in [4.69, 9.17) is 0 Å². The molecule has 136 valence electrons. The fraction of sp³-hybridized carbons (Fsp3) is 0.0417. The Hall–Kier alpha value is -3.66. The summed E-state index contributed by atoms with van der Waals surface area (Å²) >= 11 is 0. The molecule has 0 saturated heterocycles. The van der Waals surface area contributed by atoms with Crippen LogP contribution >= 0.6 is 0 Å². The summed E-state index contributed by atoms with van der Waals surface area (Å²) in [6.45, 7) is 0.159. The van der Waals surface area contributed by atoms with Crippen molar-refractivity contribution in [3.05, 3.63) is 109 Å². The van der Waals surface area contributed by atoms with Crippen LogP contribution in [-0.2, 0) is 6.54 Å². The molecule has 0 aliphatic heterocycles. The number of ketones is 1. The van der Waals surface area contributed by atoms with E-state index in [1.165, 1.54) is 29.8 Å².